The molecule has 1 aliphatic heterocycles. The number of carbonyl (C=O) groups is 1. The van der Waals surface area contributed by atoms with Gasteiger partial charge in [-0.1, -0.05) is 63.2 Å². The van der Waals surface area contributed by atoms with E-state index < -0.39 is 0 Å². The van der Waals surface area contributed by atoms with E-state index in [4.69, 9.17) is 0 Å². The minimum atomic E-state index is -0.0314. The van der Waals surface area contributed by atoms with Crippen molar-refractivity contribution < 1.29 is 4.79 Å². The van der Waals surface area contributed by atoms with Gasteiger partial charge in [0.25, 0.3) is 0 Å². The maximum absolute atomic E-state index is 12.6. The van der Waals surface area contributed by atoms with Crippen LogP contribution in [0.25, 0.3) is 0 Å². The van der Waals surface area contributed by atoms with Gasteiger partial charge in [-0.3, -0.25) is 0 Å². The van der Waals surface area contributed by atoms with Crippen LogP contribution in [0.2, 0.25) is 0 Å². The third-order valence-electron chi connectivity index (χ3n) is 4.24. The fourth-order valence-corrected chi connectivity index (χ4v) is 4.07. The Morgan fingerprint density at radius 3 is 2.38 bits per heavy atom. The first-order valence-corrected chi connectivity index (χ1v) is 9.35. The summed E-state index contributed by atoms with van der Waals surface area (Å²) in [5.74, 6) is 0.966. The molecule has 0 saturated carbocycles. The Labute approximate surface area is 148 Å². The maximum atomic E-state index is 12.6. The fourth-order valence-electron chi connectivity index (χ4n) is 2.82. The molecule has 1 heterocycles. The molecule has 126 valence electrons. The predicted octanol–water partition coefficient (Wildman–Crippen LogP) is 5.26. The van der Waals surface area contributed by atoms with E-state index in [1.54, 1.807) is 0 Å². The number of rotatable bonds is 2. The molecule has 2 aromatic carbocycles. The zero-order valence-electron chi connectivity index (χ0n) is 14.5. The Balaban J connectivity index is 1.74. The second-order valence-electron chi connectivity index (χ2n) is 7.08. The van der Waals surface area contributed by atoms with Gasteiger partial charge in [0.1, 0.15) is 5.37 Å². The number of carbonyl (C=O) groups excluding carboxylic acids is 1. The molecule has 0 radical (unpaired) electrons. The van der Waals surface area contributed by atoms with Crippen LogP contribution in [0.15, 0.2) is 54.6 Å². The van der Waals surface area contributed by atoms with Gasteiger partial charge < -0.3 is 10.2 Å². The van der Waals surface area contributed by atoms with Crippen molar-refractivity contribution in [1.82, 2.24) is 4.90 Å². The molecule has 2 amide bonds. The topological polar surface area (TPSA) is 32.3 Å². The first-order valence-electron chi connectivity index (χ1n) is 8.30. The van der Waals surface area contributed by atoms with Gasteiger partial charge in [-0.15, -0.1) is 11.8 Å². The summed E-state index contributed by atoms with van der Waals surface area (Å²) in [6.07, 6.45) is 0. The molecule has 1 saturated heterocycles. The lowest BCUT2D eigenvalue weighted by atomic mass is 9.87. The molecule has 0 spiro atoms. The van der Waals surface area contributed by atoms with Gasteiger partial charge in [0.05, 0.1) is 0 Å². The van der Waals surface area contributed by atoms with Crippen molar-refractivity contribution in [2.45, 2.75) is 31.6 Å². The van der Waals surface area contributed by atoms with Crippen molar-refractivity contribution in [3.8, 4) is 0 Å². The van der Waals surface area contributed by atoms with Crippen molar-refractivity contribution >= 4 is 23.5 Å². The molecule has 0 aliphatic carbocycles. The Bertz CT molecular complexity index is 692. The van der Waals surface area contributed by atoms with Gasteiger partial charge in [-0.05, 0) is 28.7 Å². The average Bonchev–Trinajstić information content (AvgIpc) is 3.05. The SMILES string of the molecule is CC(C)(C)c1ccc(C2SCCN2C(=O)Nc2ccccc2)cc1. The largest absolute Gasteiger partial charge is 0.323 e. The molecule has 0 bridgehead atoms. The Kier molecular flexibility index (Phi) is 4.86. The minimum Gasteiger partial charge on any atom is -0.308 e. The molecule has 1 atom stereocenters. The standard InChI is InChI=1S/C20H24N2OS/c1-20(2,3)16-11-9-15(10-12-16)18-22(13-14-24-18)19(23)21-17-7-5-4-6-8-17/h4-12,18H,13-14H2,1-3H3,(H,21,23). The number of nitrogens with one attached hydrogen (secondary N) is 1. The summed E-state index contributed by atoms with van der Waals surface area (Å²) in [4.78, 5) is 14.5. The number of urea groups is 1. The molecule has 0 aromatic heterocycles. The summed E-state index contributed by atoms with van der Waals surface area (Å²) in [6.45, 7) is 7.42. The second kappa shape index (κ2) is 6.89. The summed E-state index contributed by atoms with van der Waals surface area (Å²) in [5, 5.41) is 3.08. The van der Waals surface area contributed by atoms with Crippen LogP contribution in [0.4, 0.5) is 10.5 Å². The first kappa shape index (κ1) is 16.9. The second-order valence-corrected chi connectivity index (χ2v) is 8.27. The molecular weight excluding hydrogens is 316 g/mol. The van der Waals surface area contributed by atoms with Gasteiger partial charge in [0, 0.05) is 18.0 Å². The molecule has 1 aliphatic rings. The van der Waals surface area contributed by atoms with E-state index >= 15 is 0 Å². The molecule has 1 fully saturated rings. The highest BCUT2D eigenvalue weighted by Crippen LogP contribution is 2.38. The smallest absolute Gasteiger partial charge is 0.308 e. The van der Waals surface area contributed by atoms with Crippen LogP contribution in [0, 0.1) is 0 Å². The van der Waals surface area contributed by atoms with E-state index in [9.17, 15) is 4.79 Å². The fraction of sp³-hybridized carbons (Fsp3) is 0.350. The van der Waals surface area contributed by atoms with Gasteiger partial charge in [0.2, 0.25) is 0 Å². The van der Waals surface area contributed by atoms with Gasteiger partial charge >= 0.3 is 6.03 Å². The van der Waals surface area contributed by atoms with E-state index in [-0.39, 0.29) is 16.8 Å². The Morgan fingerprint density at radius 2 is 1.75 bits per heavy atom. The van der Waals surface area contributed by atoms with Crippen LogP contribution in [0.5, 0.6) is 0 Å². The Morgan fingerprint density at radius 1 is 1.08 bits per heavy atom. The monoisotopic (exact) mass is 340 g/mol. The molecule has 1 unspecified atom stereocenters. The predicted molar refractivity (Wildman–Crippen MR) is 103 cm³/mol. The number of nitrogens with zero attached hydrogens (tertiary/aromatic N) is 1. The normalized spacial score (nSPS) is 17.8. The minimum absolute atomic E-state index is 0.0314. The molecule has 4 heteroatoms. The molecule has 24 heavy (non-hydrogen) atoms. The number of anilines is 1. The lowest BCUT2D eigenvalue weighted by molar-refractivity contribution is 0.214. The number of amides is 2. The van der Waals surface area contributed by atoms with Crippen LogP contribution >= 0.6 is 11.8 Å². The number of hydrogen-bond donors (Lipinski definition) is 1. The average molecular weight is 340 g/mol. The highest BCUT2D eigenvalue weighted by Gasteiger charge is 2.30. The maximum Gasteiger partial charge on any atom is 0.323 e. The third-order valence-corrected chi connectivity index (χ3v) is 5.50. The highest BCUT2D eigenvalue weighted by molar-refractivity contribution is 7.99. The summed E-state index contributed by atoms with van der Waals surface area (Å²) in [6, 6.07) is 18.3. The van der Waals surface area contributed by atoms with E-state index in [0.29, 0.717) is 0 Å². The van der Waals surface area contributed by atoms with Gasteiger partial charge in [-0.25, -0.2) is 4.79 Å². The third kappa shape index (κ3) is 3.75. The van der Waals surface area contributed by atoms with Gasteiger partial charge in [-0.2, -0.15) is 0 Å². The summed E-state index contributed by atoms with van der Waals surface area (Å²) in [7, 11) is 0. The lowest BCUT2D eigenvalue weighted by Crippen LogP contribution is -2.34. The van der Waals surface area contributed by atoms with Gasteiger partial charge in [0.15, 0.2) is 0 Å². The Hall–Kier alpha value is -1.94. The molecule has 3 rings (SSSR count). The summed E-state index contributed by atoms with van der Waals surface area (Å²) in [5.41, 5.74) is 3.48. The van der Waals surface area contributed by atoms with Crippen molar-refractivity contribution in [1.29, 1.82) is 0 Å². The van der Waals surface area contributed by atoms with E-state index in [0.717, 1.165) is 18.0 Å². The molecule has 1 N–H and O–H groups in total. The van der Waals surface area contributed by atoms with Crippen LogP contribution in [0.1, 0.15) is 37.3 Å². The van der Waals surface area contributed by atoms with Crippen molar-refractivity contribution in [2.24, 2.45) is 0 Å². The summed E-state index contributed by atoms with van der Waals surface area (Å²) < 4.78 is 0. The zero-order valence-corrected chi connectivity index (χ0v) is 15.3. The van der Waals surface area contributed by atoms with Crippen LogP contribution in [0.3, 0.4) is 0 Å². The molecule has 3 nitrogen and oxygen atoms in total. The van der Waals surface area contributed by atoms with Crippen LogP contribution < -0.4 is 5.32 Å². The van der Waals surface area contributed by atoms with Crippen LogP contribution in [-0.4, -0.2) is 23.2 Å². The zero-order chi connectivity index (χ0) is 17.2. The summed E-state index contributed by atoms with van der Waals surface area (Å²) >= 11 is 1.82. The number of hydrogen-bond acceptors (Lipinski definition) is 2. The number of benzene rings is 2. The highest BCUT2D eigenvalue weighted by atomic mass is 32.2. The van der Waals surface area contributed by atoms with E-state index in [1.165, 1.54) is 11.1 Å². The van der Waals surface area contributed by atoms with Crippen molar-refractivity contribution in [2.75, 3.05) is 17.6 Å². The van der Waals surface area contributed by atoms with Crippen LogP contribution in [-0.2, 0) is 5.41 Å². The molecular formula is C20H24N2OS. The quantitative estimate of drug-likeness (QED) is 0.808. The lowest BCUT2D eigenvalue weighted by Gasteiger charge is -2.25. The number of thioether (sulfide) groups is 1. The molecule has 2 aromatic rings. The van der Waals surface area contributed by atoms with E-state index in [2.05, 4.69) is 50.4 Å². The first-order chi connectivity index (χ1) is 11.4. The van der Waals surface area contributed by atoms with Crippen molar-refractivity contribution in [3.63, 3.8) is 0 Å². The van der Waals surface area contributed by atoms with E-state index in [1.807, 2.05) is 47.0 Å². The number of para-hydroxylation sites is 1. The van der Waals surface area contributed by atoms with Crippen molar-refractivity contribution in [3.05, 3.63) is 65.7 Å².